The van der Waals surface area contributed by atoms with E-state index in [0.717, 1.165) is 46.6 Å². The van der Waals surface area contributed by atoms with Crippen LogP contribution in [0.15, 0.2) is 67.0 Å². The number of carbonyl (C=O) groups is 1. The highest BCUT2D eigenvalue weighted by Gasteiger charge is 2.23. The summed E-state index contributed by atoms with van der Waals surface area (Å²) in [5.41, 5.74) is 2.46. The Bertz CT molecular complexity index is 1240. The van der Waals surface area contributed by atoms with E-state index in [-0.39, 0.29) is 6.42 Å². The average Bonchev–Trinajstić information content (AvgIpc) is 3.21. The van der Waals surface area contributed by atoms with E-state index in [9.17, 15) is 9.90 Å². The zero-order chi connectivity index (χ0) is 23.2. The highest BCUT2D eigenvalue weighted by Crippen LogP contribution is 2.38. The fraction of sp³-hybridized carbons (Fsp3) is 0.200. The molecule has 1 atom stereocenters. The molecule has 4 aromatic rings. The third kappa shape index (κ3) is 5.78. The van der Waals surface area contributed by atoms with Crippen LogP contribution in [0, 0.1) is 0 Å². The normalized spacial score (nSPS) is 11.9. The van der Waals surface area contributed by atoms with Crippen molar-refractivity contribution in [3.05, 3.63) is 88.2 Å². The van der Waals surface area contributed by atoms with Crippen molar-refractivity contribution in [1.82, 2.24) is 9.97 Å². The molecule has 170 valence electrons. The van der Waals surface area contributed by atoms with Crippen LogP contribution in [-0.4, -0.2) is 34.2 Å². The average molecular weight is 484 g/mol. The number of aliphatic carboxylic acids is 1. The largest absolute Gasteiger partial charge is 0.493 e. The Morgan fingerprint density at radius 1 is 1.12 bits per heavy atom. The first-order chi connectivity index (χ1) is 16.0. The molecule has 2 aromatic heterocycles. The Kier molecular flexibility index (Phi) is 7.37. The van der Waals surface area contributed by atoms with Crippen LogP contribution < -0.4 is 10.1 Å². The summed E-state index contributed by atoms with van der Waals surface area (Å²) in [6.45, 7) is 1.31. The number of rotatable bonds is 10. The zero-order valence-corrected chi connectivity index (χ0v) is 19.2. The highest BCUT2D eigenvalue weighted by atomic mass is 35.5. The van der Waals surface area contributed by atoms with Gasteiger partial charge in [0.05, 0.1) is 13.0 Å². The number of hydrogen-bond acceptors (Lipinski definition) is 4. The molecular formula is C25H23Cl2N3O3. The first-order valence-electron chi connectivity index (χ1n) is 10.6. The molecule has 0 amide bonds. The molecule has 0 saturated carbocycles. The van der Waals surface area contributed by atoms with Crippen molar-refractivity contribution in [2.24, 2.45) is 0 Å². The van der Waals surface area contributed by atoms with Gasteiger partial charge in [-0.05, 0) is 53.9 Å². The quantitative estimate of drug-likeness (QED) is 0.228. The number of nitrogens with one attached hydrogen (secondary N) is 2. The molecule has 0 aliphatic rings. The van der Waals surface area contributed by atoms with E-state index in [1.807, 2.05) is 42.6 Å². The van der Waals surface area contributed by atoms with Gasteiger partial charge in [0.25, 0.3) is 0 Å². The van der Waals surface area contributed by atoms with Crippen LogP contribution >= 0.6 is 23.2 Å². The standard InChI is InChI=1S/C25H23Cl2N3O3/c26-16-5-7-18(22(27)12-16)20(14-25(31)32)21-15-30-23-13-17(6-8-19(21)23)33-11-3-10-29-24-4-1-2-9-28-24/h1-2,4-9,12-13,15,20,30H,3,10-11,14H2,(H,28,29)(H,31,32). The summed E-state index contributed by atoms with van der Waals surface area (Å²) in [6, 6.07) is 16.6. The van der Waals surface area contributed by atoms with Crippen molar-refractivity contribution in [2.75, 3.05) is 18.5 Å². The third-order valence-electron chi connectivity index (χ3n) is 5.34. The minimum Gasteiger partial charge on any atom is -0.493 e. The number of pyridine rings is 1. The number of carboxylic acids is 1. The summed E-state index contributed by atoms with van der Waals surface area (Å²) in [4.78, 5) is 19.1. The molecule has 2 heterocycles. The molecule has 1 unspecified atom stereocenters. The number of benzene rings is 2. The number of aromatic amines is 1. The van der Waals surface area contributed by atoms with Crippen LogP contribution in [-0.2, 0) is 4.79 Å². The van der Waals surface area contributed by atoms with E-state index in [1.165, 1.54) is 0 Å². The maximum absolute atomic E-state index is 11.6. The molecule has 0 spiro atoms. The summed E-state index contributed by atoms with van der Waals surface area (Å²) < 4.78 is 5.89. The summed E-state index contributed by atoms with van der Waals surface area (Å²) >= 11 is 12.4. The summed E-state index contributed by atoms with van der Waals surface area (Å²) in [5.74, 6) is 0.271. The van der Waals surface area contributed by atoms with Gasteiger partial charge >= 0.3 is 5.97 Å². The molecular weight excluding hydrogens is 461 g/mol. The maximum Gasteiger partial charge on any atom is 0.304 e. The number of H-pyrrole nitrogens is 1. The van der Waals surface area contributed by atoms with Crippen LogP contribution in [0.5, 0.6) is 5.75 Å². The van der Waals surface area contributed by atoms with Gasteiger partial charge in [-0.2, -0.15) is 0 Å². The molecule has 0 bridgehead atoms. The second-order valence-corrected chi connectivity index (χ2v) is 8.46. The minimum absolute atomic E-state index is 0.0875. The molecule has 8 heteroatoms. The fourth-order valence-corrected chi connectivity index (χ4v) is 4.34. The van der Waals surface area contributed by atoms with Gasteiger partial charge in [0.2, 0.25) is 0 Å². The van der Waals surface area contributed by atoms with Crippen LogP contribution in [0.1, 0.15) is 29.9 Å². The highest BCUT2D eigenvalue weighted by molar-refractivity contribution is 6.35. The van der Waals surface area contributed by atoms with Gasteiger partial charge in [-0.15, -0.1) is 0 Å². The van der Waals surface area contributed by atoms with Crippen molar-refractivity contribution in [1.29, 1.82) is 0 Å². The van der Waals surface area contributed by atoms with E-state index < -0.39 is 11.9 Å². The fourth-order valence-electron chi connectivity index (χ4n) is 3.80. The Hall–Kier alpha value is -3.22. The number of ether oxygens (including phenoxy) is 1. The van der Waals surface area contributed by atoms with Gasteiger partial charge in [-0.25, -0.2) is 4.98 Å². The summed E-state index contributed by atoms with van der Waals surface area (Å²) in [7, 11) is 0. The zero-order valence-electron chi connectivity index (χ0n) is 17.7. The van der Waals surface area contributed by atoms with Crippen LogP contribution in [0.25, 0.3) is 10.9 Å². The smallest absolute Gasteiger partial charge is 0.304 e. The van der Waals surface area contributed by atoms with Crippen molar-refractivity contribution in [3.63, 3.8) is 0 Å². The number of fused-ring (bicyclic) bond motifs is 1. The molecule has 4 rings (SSSR count). The number of halogens is 2. The Labute approximate surface area is 201 Å². The predicted octanol–water partition coefficient (Wildman–Crippen LogP) is 6.36. The number of nitrogens with zero attached hydrogens (tertiary/aromatic N) is 1. The Morgan fingerprint density at radius 3 is 2.76 bits per heavy atom. The molecule has 0 saturated heterocycles. The van der Waals surface area contributed by atoms with Gasteiger partial charge in [0, 0.05) is 51.9 Å². The monoisotopic (exact) mass is 483 g/mol. The number of carboxylic acid groups (broad SMARTS) is 1. The van der Waals surface area contributed by atoms with E-state index >= 15 is 0 Å². The molecule has 0 fully saturated rings. The van der Waals surface area contributed by atoms with Crippen molar-refractivity contribution in [2.45, 2.75) is 18.8 Å². The second kappa shape index (κ2) is 10.6. The van der Waals surface area contributed by atoms with E-state index in [1.54, 1.807) is 24.4 Å². The number of aromatic nitrogens is 2. The first kappa shape index (κ1) is 23.0. The van der Waals surface area contributed by atoms with Gasteiger partial charge in [-0.3, -0.25) is 4.79 Å². The van der Waals surface area contributed by atoms with Gasteiger partial charge in [-0.1, -0.05) is 35.3 Å². The van der Waals surface area contributed by atoms with Crippen LogP contribution in [0.3, 0.4) is 0 Å². The Morgan fingerprint density at radius 2 is 2.00 bits per heavy atom. The first-order valence-corrected chi connectivity index (χ1v) is 11.3. The van der Waals surface area contributed by atoms with Gasteiger partial charge < -0.3 is 20.1 Å². The van der Waals surface area contributed by atoms with Crippen LogP contribution in [0.2, 0.25) is 10.0 Å². The lowest BCUT2D eigenvalue weighted by atomic mass is 9.88. The molecule has 6 nitrogen and oxygen atoms in total. The van der Waals surface area contributed by atoms with E-state index in [0.29, 0.717) is 16.7 Å². The molecule has 0 radical (unpaired) electrons. The maximum atomic E-state index is 11.6. The van der Waals surface area contributed by atoms with Crippen LogP contribution in [0.4, 0.5) is 5.82 Å². The van der Waals surface area contributed by atoms with Crippen molar-refractivity contribution < 1.29 is 14.6 Å². The summed E-state index contributed by atoms with van der Waals surface area (Å²) in [6.07, 6.45) is 4.32. The number of hydrogen-bond donors (Lipinski definition) is 3. The molecule has 2 aromatic carbocycles. The summed E-state index contributed by atoms with van der Waals surface area (Å²) in [5, 5.41) is 14.6. The SMILES string of the molecule is O=C(O)CC(c1ccc(Cl)cc1Cl)c1c[nH]c2cc(OCCCNc3ccccn3)ccc12. The van der Waals surface area contributed by atoms with E-state index in [4.69, 9.17) is 27.9 Å². The topological polar surface area (TPSA) is 87.2 Å². The predicted molar refractivity (Wildman–Crippen MR) is 132 cm³/mol. The molecule has 33 heavy (non-hydrogen) atoms. The minimum atomic E-state index is -0.903. The van der Waals surface area contributed by atoms with E-state index in [2.05, 4.69) is 15.3 Å². The lowest BCUT2D eigenvalue weighted by Crippen LogP contribution is -2.08. The second-order valence-electron chi connectivity index (χ2n) is 7.61. The molecule has 3 N–H and O–H groups in total. The third-order valence-corrected chi connectivity index (χ3v) is 5.90. The Balaban J connectivity index is 1.46. The molecule has 0 aliphatic heterocycles. The lowest BCUT2D eigenvalue weighted by Gasteiger charge is -2.17. The van der Waals surface area contributed by atoms with Crippen molar-refractivity contribution >= 4 is 45.9 Å². The lowest BCUT2D eigenvalue weighted by molar-refractivity contribution is -0.137. The van der Waals surface area contributed by atoms with Gasteiger partial charge in [0.1, 0.15) is 11.6 Å². The van der Waals surface area contributed by atoms with Crippen molar-refractivity contribution in [3.8, 4) is 5.75 Å². The number of anilines is 1. The van der Waals surface area contributed by atoms with Gasteiger partial charge in [0.15, 0.2) is 0 Å². The molecule has 0 aliphatic carbocycles.